The van der Waals surface area contributed by atoms with Gasteiger partial charge in [-0.05, 0) is 54.5 Å². The Kier molecular flexibility index (Phi) is 5.84. The first-order valence-corrected chi connectivity index (χ1v) is 8.95. The number of carboxylic acids is 1. The zero-order chi connectivity index (χ0) is 19.4. The number of carbonyl (C=O) groups is 2. The van der Waals surface area contributed by atoms with E-state index < -0.39 is 23.5 Å². The van der Waals surface area contributed by atoms with E-state index in [0.717, 1.165) is 23.8 Å². The Morgan fingerprint density at radius 2 is 1.89 bits per heavy atom. The largest absolute Gasteiger partial charge is 0.481 e. The minimum Gasteiger partial charge on any atom is -0.481 e. The van der Waals surface area contributed by atoms with E-state index in [2.05, 4.69) is 5.32 Å². The molecule has 3 atom stereocenters. The molecule has 0 aromatic heterocycles. The van der Waals surface area contributed by atoms with Crippen molar-refractivity contribution in [2.45, 2.75) is 37.6 Å². The standard InChI is InChI=1S/C21H21F2NO3/c22-14-6-8-19(23)17(11-14)16-12-18(16)21(27)24-15(7-9-20(25)26)10-13-4-2-1-3-5-13/h1-6,8,11,15-16,18H,7,9-10,12H2,(H,24,27)(H,25,26). The van der Waals surface area contributed by atoms with Gasteiger partial charge in [0.05, 0.1) is 0 Å². The molecule has 0 aliphatic heterocycles. The van der Waals surface area contributed by atoms with Crippen molar-refractivity contribution in [3.63, 3.8) is 0 Å². The van der Waals surface area contributed by atoms with Crippen LogP contribution in [0.25, 0.3) is 0 Å². The summed E-state index contributed by atoms with van der Waals surface area (Å²) in [7, 11) is 0. The third-order valence-corrected chi connectivity index (χ3v) is 4.86. The highest BCUT2D eigenvalue weighted by Gasteiger charge is 2.45. The van der Waals surface area contributed by atoms with Crippen LogP contribution < -0.4 is 5.32 Å². The molecule has 1 saturated carbocycles. The van der Waals surface area contributed by atoms with Crippen LogP contribution in [0.3, 0.4) is 0 Å². The van der Waals surface area contributed by atoms with Crippen molar-refractivity contribution in [3.8, 4) is 0 Å². The molecule has 6 heteroatoms. The van der Waals surface area contributed by atoms with E-state index in [1.54, 1.807) is 0 Å². The highest BCUT2D eigenvalue weighted by Crippen LogP contribution is 2.48. The first kappa shape index (κ1) is 19.0. The van der Waals surface area contributed by atoms with Gasteiger partial charge < -0.3 is 10.4 Å². The molecule has 2 N–H and O–H groups in total. The van der Waals surface area contributed by atoms with Crippen molar-refractivity contribution in [2.75, 3.05) is 0 Å². The zero-order valence-corrected chi connectivity index (χ0v) is 14.7. The Balaban J connectivity index is 1.64. The zero-order valence-electron chi connectivity index (χ0n) is 14.7. The fraction of sp³-hybridized carbons (Fsp3) is 0.333. The van der Waals surface area contributed by atoms with Crippen LogP contribution in [0.5, 0.6) is 0 Å². The van der Waals surface area contributed by atoms with Crippen LogP contribution in [-0.4, -0.2) is 23.0 Å². The number of amides is 1. The molecule has 0 saturated heterocycles. The van der Waals surface area contributed by atoms with Crippen molar-refractivity contribution in [1.29, 1.82) is 0 Å². The third kappa shape index (κ3) is 5.12. The van der Waals surface area contributed by atoms with E-state index >= 15 is 0 Å². The van der Waals surface area contributed by atoms with Gasteiger partial charge in [-0.1, -0.05) is 30.3 Å². The van der Waals surface area contributed by atoms with Crippen LogP contribution >= 0.6 is 0 Å². The molecule has 1 aliphatic carbocycles. The van der Waals surface area contributed by atoms with Gasteiger partial charge in [0.1, 0.15) is 11.6 Å². The Morgan fingerprint density at radius 3 is 2.59 bits per heavy atom. The Bertz CT molecular complexity index is 825. The maximum atomic E-state index is 13.9. The van der Waals surface area contributed by atoms with Gasteiger partial charge in [0.25, 0.3) is 0 Å². The Hall–Kier alpha value is -2.76. The van der Waals surface area contributed by atoms with E-state index in [1.807, 2.05) is 30.3 Å². The van der Waals surface area contributed by atoms with Crippen molar-refractivity contribution in [1.82, 2.24) is 5.32 Å². The number of carboxylic acid groups (broad SMARTS) is 1. The molecule has 1 aliphatic rings. The van der Waals surface area contributed by atoms with Gasteiger partial charge in [0.15, 0.2) is 0 Å². The van der Waals surface area contributed by atoms with Gasteiger partial charge in [-0.25, -0.2) is 8.78 Å². The molecule has 0 radical (unpaired) electrons. The number of benzene rings is 2. The molecule has 4 nitrogen and oxygen atoms in total. The van der Waals surface area contributed by atoms with Crippen LogP contribution in [-0.2, 0) is 16.0 Å². The molecule has 0 spiro atoms. The third-order valence-electron chi connectivity index (χ3n) is 4.86. The molecular formula is C21H21F2NO3. The second-order valence-electron chi connectivity index (χ2n) is 6.94. The molecule has 0 bridgehead atoms. The molecule has 3 rings (SSSR count). The van der Waals surface area contributed by atoms with Crippen LogP contribution in [0.2, 0.25) is 0 Å². The number of carbonyl (C=O) groups excluding carboxylic acids is 1. The van der Waals surface area contributed by atoms with Crippen LogP contribution in [0.4, 0.5) is 8.78 Å². The van der Waals surface area contributed by atoms with Crippen LogP contribution in [0, 0.1) is 17.6 Å². The van der Waals surface area contributed by atoms with Gasteiger partial charge >= 0.3 is 5.97 Å². The van der Waals surface area contributed by atoms with Gasteiger partial charge in [0.2, 0.25) is 5.91 Å². The first-order valence-electron chi connectivity index (χ1n) is 8.95. The predicted molar refractivity (Wildman–Crippen MR) is 96.2 cm³/mol. The lowest BCUT2D eigenvalue weighted by molar-refractivity contribution is -0.137. The van der Waals surface area contributed by atoms with Crippen molar-refractivity contribution < 1.29 is 23.5 Å². The molecular weight excluding hydrogens is 352 g/mol. The second kappa shape index (κ2) is 8.29. The summed E-state index contributed by atoms with van der Waals surface area (Å²) in [6.07, 6.45) is 1.24. The number of nitrogens with one attached hydrogen (secondary N) is 1. The summed E-state index contributed by atoms with van der Waals surface area (Å²) < 4.78 is 27.3. The topological polar surface area (TPSA) is 66.4 Å². The van der Waals surface area contributed by atoms with Gasteiger partial charge in [-0.15, -0.1) is 0 Å². The molecule has 2 aromatic rings. The van der Waals surface area contributed by atoms with Gasteiger partial charge in [-0.3, -0.25) is 9.59 Å². The first-order chi connectivity index (χ1) is 12.9. The summed E-state index contributed by atoms with van der Waals surface area (Å²) in [5.74, 6) is -2.95. The minimum atomic E-state index is -0.923. The quantitative estimate of drug-likeness (QED) is 0.742. The summed E-state index contributed by atoms with van der Waals surface area (Å²) in [6.45, 7) is 0. The summed E-state index contributed by atoms with van der Waals surface area (Å²) in [5, 5.41) is 11.8. The normalized spacial score (nSPS) is 19.3. The average molecular weight is 373 g/mol. The molecule has 0 heterocycles. The van der Waals surface area contributed by atoms with E-state index in [-0.39, 0.29) is 29.9 Å². The molecule has 142 valence electrons. The predicted octanol–water partition coefficient (Wildman–Crippen LogP) is 3.66. The Labute approximate surface area is 156 Å². The average Bonchev–Trinajstić information content (AvgIpc) is 3.43. The fourth-order valence-electron chi connectivity index (χ4n) is 3.36. The molecule has 3 unspecified atom stereocenters. The molecule has 2 aromatic carbocycles. The smallest absolute Gasteiger partial charge is 0.303 e. The lowest BCUT2D eigenvalue weighted by Gasteiger charge is -2.18. The summed E-state index contributed by atoms with van der Waals surface area (Å²) in [5.41, 5.74) is 1.22. The number of halogens is 2. The SMILES string of the molecule is O=C(O)CCC(Cc1ccccc1)NC(=O)C1CC1c1cc(F)ccc1F. The number of aliphatic carboxylic acids is 1. The number of rotatable bonds is 8. The highest BCUT2D eigenvalue weighted by molar-refractivity contribution is 5.83. The highest BCUT2D eigenvalue weighted by atomic mass is 19.1. The minimum absolute atomic E-state index is 0.0512. The van der Waals surface area contributed by atoms with E-state index in [1.165, 1.54) is 0 Å². The number of hydrogen-bond acceptors (Lipinski definition) is 2. The van der Waals surface area contributed by atoms with Crippen LogP contribution in [0.1, 0.15) is 36.3 Å². The lowest BCUT2D eigenvalue weighted by atomic mass is 10.0. The summed E-state index contributed by atoms with van der Waals surface area (Å²) in [4.78, 5) is 23.5. The van der Waals surface area contributed by atoms with Gasteiger partial charge in [0, 0.05) is 18.4 Å². The monoisotopic (exact) mass is 373 g/mol. The second-order valence-corrected chi connectivity index (χ2v) is 6.94. The molecule has 27 heavy (non-hydrogen) atoms. The van der Waals surface area contributed by atoms with E-state index in [4.69, 9.17) is 5.11 Å². The van der Waals surface area contributed by atoms with E-state index in [9.17, 15) is 18.4 Å². The van der Waals surface area contributed by atoms with E-state index in [0.29, 0.717) is 19.3 Å². The summed E-state index contributed by atoms with van der Waals surface area (Å²) in [6, 6.07) is 12.4. The van der Waals surface area contributed by atoms with Gasteiger partial charge in [-0.2, -0.15) is 0 Å². The van der Waals surface area contributed by atoms with Crippen molar-refractivity contribution in [3.05, 3.63) is 71.3 Å². The molecule has 1 fully saturated rings. The maximum absolute atomic E-state index is 13.9. The van der Waals surface area contributed by atoms with Crippen molar-refractivity contribution >= 4 is 11.9 Å². The fourth-order valence-corrected chi connectivity index (χ4v) is 3.36. The maximum Gasteiger partial charge on any atom is 0.303 e. The van der Waals surface area contributed by atoms with Crippen molar-refractivity contribution in [2.24, 2.45) is 5.92 Å². The lowest BCUT2D eigenvalue weighted by Crippen LogP contribution is -2.38. The van der Waals surface area contributed by atoms with Crippen LogP contribution in [0.15, 0.2) is 48.5 Å². The Morgan fingerprint density at radius 1 is 1.15 bits per heavy atom. The molecule has 1 amide bonds. The number of hydrogen-bond donors (Lipinski definition) is 2. The summed E-state index contributed by atoms with van der Waals surface area (Å²) >= 11 is 0.